The first kappa shape index (κ1) is 25.1. The van der Waals surface area contributed by atoms with Gasteiger partial charge in [-0.05, 0) is 73.2 Å². The van der Waals surface area contributed by atoms with E-state index in [1.165, 1.54) is 16.5 Å². The van der Waals surface area contributed by atoms with Gasteiger partial charge in [0, 0.05) is 34.8 Å². The minimum atomic E-state index is 0.0669. The van der Waals surface area contributed by atoms with Gasteiger partial charge in [0.1, 0.15) is 11.5 Å². The summed E-state index contributed by atoms with van der Waals surface area (Å²) in [6.45, 7) is 5.86. The standard InChI is InChI=1S/C17H18O3.C12H15NO/c1-11-9-13(12(2)18)5-7-15(11)16-10-14(19-3)6-8-17(16)20-4;1-9(8-14)6-10-7-13-12-5-3-2-4-11(10)12/h5-10H,1-4H3;2-5,7,9,13-14H,6,8H2,1H3. The van der Waals surface area contributed by atoms with Crippen molar-refractivity contribution in [2.45, 2.75) is 27.2 Å². The van der Waals surface area contributed by atoms with Gasteiger partial charge in [-0.25, -0.2) is 0 Å². The highest BCUT2D eigenvalue weighted by molar-refractivity contribution is 5.95. The van der Waals surface area contributed by atoms with Gasteiger partial charge in [0.15, 0.2) is 5.78 Å². The van der Waals surface area contributed by atoms with E-state index in [9.17, 15) is 4.79 Å². The van der Waals surface area contributed by atoms with Gasteiger partial charge in [-0.15, -0.1) is 0 Å². The third kappa shape index (κ3) is 5.86. The number of aryl methyl sites for hydroxylation is 1. The molecule has 4 rings (SSSR count). The van der Waals surface area contributed by atoms with Gasteiger partial charge in [0.25, 0.3) is 0 Å². The number of methoxy groups -OCH3 is 2. The highest BCUT2D eigenvalue weighted by Gasteiger charge is 2.11. The quantitative estimate of drug-likeness (QED) is 0.322. The topological polar surface area (TPSA) is 71.6 Å². The van der Waals surface area contributed by atoms with Crippen molar-refractivity contribution >= 4 is 16.7 Å². The SMILES string of the molecule is CC(CO)Cc1c[nH]c2ccccc12.COc1ccc(OC)c(-c2ccc(C(C)=O)cc2C)c1. The summed E-state index contributed by atoms with van der Waals surface area (Å²) in [5.41, 5.74) is 6.21. The van der Waals surface area contributed by atoms with Crippen molar-refractivity contribution in [3.05, 3.63) is 83.6 Å². The van der Waals surface area contributed by atoms with Crippen LogP contribution in [0.5, 0.6) is 11.5 Å². The van der Waals surface area contributed by atoms with Crippen molar-refractivity contribution in [1.29, 1.82) is 0 Å². The number of H-pyrrole nitrogens is 1. The second kappa shape index (κ2) is 11.5. The van der Waals surface area contributed by atoms with E-state index >= 15 is 0 Å². The Kier molecular flexibility index (Phi) is 8.50. The highest BCUT2D eigenvalue weighted by Crippen LogP contribution is 2.35. The Morgan fingerprint density at radius 2 is 1.76 bits per heavy atom. The van der Waals surface area contributed by atoms with Crippen LogP contribution in [0.2, 0.25) is 0 Å². The summed E-state index contributed by atoms with van der Waals surface area (Å²) >= 11 is 0. The van der Waals surface area contributed by atoms with Gasteiger partial charge in [-0.3, -0.25) is 4.79 Å². The van der Waals surface area contributed by atoms with Crippen LogP contribution in [0.4, 0.5) is 0 Å². The van der Waals surface area contributed by atoms with Crippen LogP contribution in [0, 0.1) is 12.8 Å². The molecule has 0 spiro atoms. The van der Waals surface area contributed by atoms with Crippen LogP contribution in [0.25, 0.3) is 22.0 Å². The summed E-state index contributed by atoms with van der Waals surface area (Å²) in [6, 6.07) is 19.6. The number of carbonyl (C=O) groups excluding carboxylic acids is 1. The Morgan fingerprint density at radius 1 is 1.00 bits per heavy atom. The normalized spacial score (nSPS) is 11.5. The van der Waals surface area contributed by atoms with Gasteiger partial charge in [-0.1, -0.05) is 37.3 Å². The molecule has 0 radical (unpaired) electrons. The van der Waals surface area contributed by atoms with Gasteiger partial charge >= 0.3 is 0 Å². The third-order valence-corrected chi connectivity index (χ3v) is 5.88. The van der Waals surface area contributed by atoms with Crippen molar-refractivity contribution in [3.63, 3.8) is 0 Å². The summed E-state index contributed by atoms with van der Waals surface area (Å²) in [6.07, 6.45) is 2.97. The van der Waals surface area contributed by atoms with Gasteiger partial charge in [0.05, 0.1) is 14.2 Å². The lowest BCUT2D eigenvalue weighted by Crippen LogP contribution is -2.03. The maximum Gasteiger partial charge on any atom is 0.159 e. The molecule has 0 aliphatic heterocycles. The van der Waals surface area contributed by atoms with Gasteiger partial charge in [-0.2, -0.15) is 0 Å². The summed E-state index contributed by atoms with van der Waals surface area (Å²) in [4.78, 5) is 14.7. The zero-order valence-electron chi connectivity index (χ0n) is 20.5. The number of para-hydroxylation sites is 1. The molecule has 1 heterocycles. The number of fused-ring (bicyclic) bond motifs is 1. The van der Waals surface area contributed by atoms with E-state index in [1.807, 2.05) is 61.7 Å². The maximum atomic E-state index is 11.4. The highest BCUT2D eigenvalue weighted by atomic mass is 16.5. The van der Waals surface area contributed by atoms with E-state index < -0.39 is 0 Å². The number of ether oxygens (including phenoxy) is 2. The smallest absolute Gasteiger partial charge is 0.159 e. The zero-order chi connectivity index (χ0) is 24.7. The van der Waals surface area contributed by atoms with Crippen LogP contribution in [0.15, 0.2) is 66.9 Å². The Hall–Kier alpha value is -3.57. The molecule has 1 unspecified atom stereocenters. The average molecular weight is 460 g/mol. The summed E-state index contributed by atoms with van der Waals surface area (Å²) < 4.78 is 10.7. The lowest BCUT2D eigenvalue weighted by molar-refractivity contribution is 0.101. The van der Waals surface area contributed by atoms with Crippen LogP contribution >= 0.6 is 0 Å². The van der Waals surface area contributed by atoms with E-state index in [0.717, 1.165) is 34.6 Å². The van der Waals surface area contributed by atoms with Crippen LogP contribution in [0.3, 0.4) is 0 Å². The number of nitrogens with one attached hydrogen (secondary N) is 1. The number of rotatable bonds is 7. The average Bonchev–Trinajstić information content (AvgIpc) is 3.26. The minimum absolute atomic E-state index is 0.0669. The predicted molar refractivity (Wildman–Crippen MR) is 138 cm³/mol. The molecule has 1 atom stereocenters. The first-order valence-electron chi connectivity index (χ1n) is 11.4. The number of carbonyl (C=O) groups is 1. The van der Waals surface area contributed by atoms with Crippen LogP contribution in [-0.2, 0) is 6.42 Å². The monoisotopic (exact) mass is 459 g/mol. The second-order valence-electron chi connectivity index (χ2n) is 8.50. The lowest BCUT2D eigenvalue weighted by atomic mass is 9.96. The molecule has 0 fully saturated rings. The molecule has 34 heavy (non-hydrogen) atoms. The van der Waals surface area contributed by atoms with Gasteiger partial charge < -0.3 is 19.6 Å². The number of hydrogen-bond donors (Lipinski definition) is 2. The third-order valence-electron chi connectivity index (χ3n) is 5.88. The number of ketones is 1. The van der Waals surface area contributed by atoms with Crippen molar-refractivity contribution in [2.24, 2.45) is 5.92 Å². The molecule has 2 N–H and O–H groups in total. The minimum Gasteiger partial charge on any atom is -0.497 e. The van der Waals surface area contributed by atoms with Crippen LogP contribution in [-0.4, -0.2) is 36.7 Å². The van der Waals surface area contributed by atoms with E-state index in [4.69, 9.17) is 14.6 Å². The Morgan fingerprint density at radius 3 is 2.41 bits per heavy atom. The fourth-order valence-corrected chi connectivity index (χ4v) is 3.95. The number of aliphatic hydroxyl groups is 1. The second-order valence-corrected chi connectivity index (χ2v) is 8.50. The molecule has 0 aliphatic carbocycles. The molecule has 0 saturated carbocycles. The molecular weight excluding hydrogens is 426 g/mol. The van der Waals surface area contributed by atoms with E-state index in [-0.39, 0.29) is 12.4 Å². The first-order valence-corrected chi connectivity index (χ1v) is 11.4. The molecule has 4 aromatic rings. The van der Waals surface area contributed by atoms with Crippen LogP contribution < -0.4 is 9.47 Å². The number of aliphatic hydroxyl groups excluding tert-OH is 1. The zero-order valence-corrected chi connectivity index (χ0v) is 20.5. The number of aromatic nitrogens is 1. The molecule has 0 amide bonds. The predicted octanol–water partition coefficient (Wildman–Crippen LogP) is 6.22. The molecule has 0 aliphatic rings. The molecule has 3 aromatic carbocycles. The summed E-state index contributed by atoms with van der Waals surface area (Å²) in [7, 11) is 3.28. The number of aromatic amines is 1. The molecule has 5 nitrogen and oxygen atoms in total. The maximum absolute atomic E-state index is 11.4. The summed E-state index contributed by atoms with van der Waals surface area (Å²) in [5, 5.41) is 10.3. The molecule has 1 aromatic heterocycles. The van der Waals surface area contributed by atoms with E-state index in [2.05, 4.69) is 24.0 Å². The Bertz CT molecular complexity index is 1260. The van der Waals surface area contributed by atoms with Crippen molar-refractivity contribution < 1.29 is 19.4 Å². The fourth-order valence-electron chi connectivity index (χ4n) is 3.95. The molecule has 0 bridgehead atoms. The number of benzene rings is 3. The molecule has 0 saturated heterocycles. The van der Waals surface area contributed by atoms with Crippen molar-refractivity contribution in [3.8, 4) is 22.6 Å². The number of hydrogen-bond acceptors (Lipinski definition) is 4. The first-order chi connectivity index (χ1) is 16.4. The van der Waals surface area contributed by atoms with E-state index in [1.54, 1.807) is 21.1 Å². The van der Waals surface area contributed by atoms with Crippen molar-refractivity contribution in [1.82, 2.24) is 4.98 Å². The van der Waals surface area contributed by atoms with Crippen LogP contribution in [0.1, 0.15) is 35.3 Å². The molecule has 178 valence electrons. The lowest BCUT2D eigenvalue weighted by Gasteiger charge is -2.13. The molecular formula is C29H33NO4. The van der Waals surface area contributed by atoms with Crippen molar-refractivity contribution in [2.75, 3.05) is 20.8 Å². The fraction of sp³-hybridized carbons (Fsp3) is 0.276. The number of Topliss-reactive ketones (excluding diaryl/α,β-unsaturated/α-hetero) is 1. The Labute approximate surface area is 201 Å². The largest absolute Gasteiger partial charge is 0.497 e. The molecule has 5 heteroatoms. The Balaban J connectivity index is 0.000000202. The van der Waals surface area contributed by atoms with E-state index in [0.29, 0.717) is 11.5 Å². The summed E-state index contributed by atoms with van der Waals surface area (Å²) in [5.74, 6) is 1.95. The van der Waals surface area contributed by atoms with Gasteiger partial charge in [0.2, 0.25) is 0 Å².